The van der Waals surface area contributed by atoms with Crippen molar-refractivity contribution < 1.29 is 4.79 Å². The number of thiophene rings is 1. The smallest absolute Gasteiger partial charge is 0.242 e. The Morgan fingerprint density at radius 3 is 2.71 bits per heavy atom. The maximum atomic E-state index is 12.3. The second-order valence-corrected chi connectivity index (χ2v) is 6.53. The lowest BCUT2D eigenvalue weighted by molar-refractivity contribution is -0.136. The van der Waals surface area contributed by atoms with E-state index in [1.807, 2.05) is 19.2 Å². The van der Waals surface area contributed by atoms with Crippen molar-refractivity contribution in [2.75, 3.05) is 7.05 Å². The minimum Gasteiger partial charge on any atom is -0.339 e. The van der Waals surface area contributed by atoms with Crippen LogP contribution in [-0.2, 0) is 11.3 Å². The van der Waals surface area contributed by atoms with E-state index in [4.69, 9.17) is 17.3 Å². The second kappa shape index (κ2) is 4.96. The molecule has 0 aliphatic heterocycles. The van der Waals surface area contributed by atoms with Gasteiger partial charge in [0, 0.05) is 11.9 Å². The molecule has 0 atom stereocenters. The van der Waals surface area contributed by atoms with E-state index in [9.17, 15) is 4.79 Å². The molecule has 0 aromatic carbocycles. The van der Waals surface area contributed by atoms with Crippen LogP contribution in [0.3, 0.4) is 0 Å². The van der Waals surface area contributed by atoms with Gasteiger partial charge in [0.1, 0.15) is 0 Å². The SMILES string of the molecule is CN(Cc1ccc(Cl)s1)C(=O)C1(N)CCCC1. The minimum absolute atomic E-state index is 0.0551. The van der Waals surface area contributed by atoms with Crippen LogP contribution in [0.4, 0.5) is 0 Å². The minimum atomic E-state index is -0.629. The lowest BCUT2D eigenvalue weighted by atomic mass is 9.97. The standard InChI is InChI=1S/C12H17ClN2OS/c1-15(8-9-4-5-10(13)17-9)11(16)12(14)6-2-3-7-12/h4-5H,2-3,6-8,14H2,1H3. The van der Waals surface area contributed by atoms with E-state index in [1.54, 1.807) is 4.90 Å². The highest BCUT2D eigenvalue weighted by Gasteiger charge is 2.38. The van der Waals surface area contributed by atoms with Crippen LogP contribution in [0.2, 0.25) is 4.34 Å². The van der Waals surface area contributed by atoms with E-state index in [-0.39, 0.29) is 5.91 Å². The number of carbonyl (C=O) groups excluding carboxylic acids is 1. The van der Waals surface area contributed by atoms with E-state index >= 15 is 0 Å². The Bertz CT molecular complexity index is 412. The normalized spacial score (nSPS) is 18.3. The van der Waals surface area contributed by atoms with Crippen LogP contribution < -0.4 is 5.73 Å². The largest absolute Gasteiger partial charge is 0.339 e. The third kappa shape index (κ3) is 2.81. The number of halogens is 1. The first-order valence-electron chi connectivity index (χ1n) is 5.80. The van der Waals surface area contributed by atoms with E-state index < -0.39 is 5.54 Å². The predicted octanol–water partition coefficient (Wildman–Crippen LogP) is 2.63. The summed E-state index contributed by atoms with van der Waals surface area (Å²) in [6.07, 6.45) is 3.73. The molecular weight excluding hydrogens is 256 g/mol. The van der Waals surface area contributed by atoms with Crippen LogP contribution in [0.25, 0.3) is 0 Å². The zero-order chi connectivity index (χ0) is 12.5. The van der Waals surface area contributed by atoms with Gasteiger partial charge in [-0.1, -0.05) is 24.4 Å². The fourth-order valence-electron chi connectivity index (χ4n) is 2.34. The molecule has 3 nitrogen and oxygen atoms in total. The molecule has 1 aromatic heterocycles. The Morgan fingerprint density at radius 2 is 2.18 bits per heavy atom. The Balaban J connectivity index is 2.00. The molecule has 17 heavy (non-hydrogen) atoms. The molecule has 2 N–H and O–H groups in total. The summed E-state index contributed by atoms with van der Waals surface area (Å²) >= 11 is 7.37. The van der Waals surface area contributed by atoms with E-state index in [2.05, 4.69) is 0 Å². The fraction of sp³-hybridized carbons (Fsp3) is 0.583. The van der Waals surface area contributed by atoms with Crippen molar-refractivity contribution in [3.8, 4) is 0 Å². The van der Waals surface area contributed by atoms with Gasteiger partial charge in [-0.25, -0.2) is 0 Å². The van der Waals surface area contributed by atoms with Gasteiger partial charge in [0.05, 0.1) is 16.4 Å². The number of hydrogen-bond donors (Lipinski definition) is 1. The average Bonchev–Trinajstić information content (AvgIpc) is 2.88. The van der Waals surface area contributed by atoms with Gasteiger partial charge in [-0.3, -0.25) is 4.79 Å². The molecule has 1 amide bonds. The van der Waals surface area contributed by atoms with Gasteiger partial charge in [-0.2, -0.15) is 0 Å². The van der Waals surface area contributed by atoms with Crippen molar-refractivity contribution in [3.63, 3.8) is 0 Å². The maximum absolute atomic E-state index is 12.3. The summed E-state index contributed by atoms with van der Waals surface area (Å²) in [5.41, 5.74) is 5.52. The Kier molecular flexibility index (Phi) is 3.76. The molecule has 0 saturated heterocycles. The van der Waals surface area contributed by atoms with Crippen molar-refractivity contribution in [1.29, 1.82) is 0 Å². The Morgan fingerprint density at radius 1 is 1.53 bits per heavy atom. The summed E-state index contributed by atoms with van der Waals surface area (Å²) in [5, 5.41) is 0. The molecule has 1 fully saturated rings. The molecular formula is C12H17ClN2OS. The van der Waals surface area contributed by atoms with Gasteiger partial charge in [-0.05, 0) is 25.0 Å². The van der Waals surface area contributed by atoms with Crippen LogP contribution >= 0.6 is 22.9 Å². The Hall–Kier alpha value is -0.580. The first-order valence-corrected chi connectivity index (χ1v) is 6.99. The molecule has 1 aliphatic carbocycles. The number of carbonyl (C=O) groups is 1. The van der Waals surface area contributed by atoms with Crippen molar-refractivity contribution in [2.24, 2.45) is 5.73 Å². The summed E-state index contributed by atoms with van der Waals surface area (Å²) < 4.78 is 0.754. The number of amides is 1. The van der Waals surface area contributed by atoms with Gasteiger partial charge >= 0.3 is 0 Å². The predicted molar refractivity (Wildman–Crippen MR) is 71.2 cm³/mol. The van der Waals surface area contributed by atoms with Crippen LogP contribution in [0.1, 0.15) is 30.6 Å². The van der Waals surface area contributed by atoms with Gasteiger partial charge in [0.15, 0.2) is 0 Å². The van der Waals surface area contributed by atoms with Crippen molar-refractivity contribution in [2.45, 2.75) is 37.8 Å². The Labute approximate surface area is 111 Å². The highest BCUT2D eigenvalue weighted by Crippen LogP contribution is 2.30. The van der Waals surface area contributed by atoms with Crippen LogP contribution in [-0.4, -0.2) is 23.4 Å². The molecule has 1 aliphatic rings. The number of likely N-dealkylation sites (N-methyl/N-ethyl adjacent to an activating group) is 1. The first-order chi connectivity index (χ1) is 8.01. The summed E-state index contributed by atoms with van der Waals surface area (Å²) in [6, 6.07) is 3.81. The van der Waals surface area contributed by atoms with Crippen LogP contribution in [0.15, 0.2) is 12.1 Å². The summed E-state index contributed by atoms with van der Waals surface area (Å²) in [7, 11) is 1.81. The van der Waals surface area contributed by atoms with Gasteiger partial charge < -0.3 is 10.6 Å². The lowest BCUT2D eigenvalue weighted by Gasteiger charge is -2.28. The zero-order valence-corrected chi connectivity index (χ0v) is 11.5. The third-order valence-corrected chi connectivity index (χ3v) is 4.51. The number of hydrogen-bond acceptors (Lipinski definition) is 3. The molecule has 0 spiro atoms. The molecule has 2 rings (SSSR count). The molecule has 94 valence electrons. The molecule has 0 radical (unpaired) electrons. The van der Waals surface area contributed by atoms with E-state index in [1.165, 1.54) is 11.3 Å². The summed E-state index contributed by atoms with van der Waals surface area (Å²) in [5.74, 6) is 0.0551. The van der Waals surface area contributed by atoms with Gasteiger partial charge in [0.2, 0.25) is 5.91 Å². The van der Waals surface area contributed by atoms with Crippen molar-refractivity contribution in [3.05, 3.63) is 21.3 Å². The monoisotopic (exact) mass is 272 g/mol. The number of rotatable bonds is 3. The quantitative estimate of drug-likeness (QED) is 0.919. The molecule has 1 aromatic rings. The van der Waals surface area contributed by atoms with Crippen molar-refractivity contribution >= 4 is 28.8 Å². The van der Waals surface area contributed by atoms with Crippen LogP contribution in [0.5, 0.6) is 0 Å². The van der Waals surface area contributed by atoms with Crippen LogP contribution in [0, 0.1) is 0 Å². The molecule has 5 heteroatoms. The topological polar surface area (TPSA) is 46.3 Å². The fourth-order valence-corrected chi connectivity index (χ4v) is 3.48. The van der Waals surface area contributed by atoms with E-state index in [0.29, 0.717) is 6.54 Å². The highest BCUT2D eigenvalue weighted by atomic mass is 35.5. The molecule has 0 bridgehead atoms. The lowest BCUT2D eigenvalue weighted by Crippen LogP contribution is -2.52. The van der Waals surface area contributed by atoms with Crippen molar-refractivity contribution in [1.82, 2.24) is 4.90 Å². The first kappa shape index (κ1) is 12.9. The van der Waals surface area contributed by atoms with Gasteiger partial charge in [0.25, 0.3) is 0 Å². The molecule has 1 heterocycles. The number of nitrogens with two attached hydrogens (primary N) is 1. The highest BCUT2D eigenvalue weighted by molar-refractivity contribution is 7.16. The molecule has 0 unspecified atom stereocenters. The summed E-state index contributed by atoms with van der Waals surface area (Å²) in [4.78, 5) is 15.1. The maximum Gasteiger partial charge on any atom is 0.242 e. The third-order valence-electron chi connectivity index (χ3n) is 3.29. The van der Waals surface area contributed by atoms with E-state index in [0.717, 1.165) is 34.9 Å². The molecule has 1 saturated carbocycles. The number of nitrogens with zero attached hydrogens (tertiary/aromatic N) is 1. The van der Waals surface area contributed by atoms with Gasteiger partial charge in [-0.15, -0.1) is 11.3 Å². The zero-order valence-electron chi connectivity index (χ0n) is 9.91. The summed E-state index contributed by atoms with van der Waals surface area (Å²) in [6.45, 7) is 0.592. The average molecular weight is 273 g/mol. The second-order valence-electron chi connectivity index (χ2n) is 4.73.